The third-order valence-corrected chi connectivity index (χ3v) is 4.45. The Bertz CT molecular complexity index is 851. The van der Waals surface area contributed by atoms with Gasteiger partial charge in [0.2, 0.25) is 0 Å². The number of amides is 2. The summed E-state index contributed by atoms with van der Waals surface area (Å²) < 4.78 is 5.41. The van der Waals surface area contributed by atoms with E-state index in [1.807, 2.05) is 37.3 Å². The number of fused-ring (bicyclic) bond motifs is 1. The van der Waals surface area contributed by atoms with Crippen LogP contribution in [0.25, 0.3) is 0 Å². The topological polar surface area (TPSA) is 74.6 Å². The molecule has 0 unspecified atom stereocenters. The first-order valence-corrected chi connectivity index (χ1v) is 8.51. The van der Waals surface area contributed by atoms with Crippen molar-refractivity contribution in [2.75, 3.05) is 11.5 Å². The Hall–Kier alpha value is -3.22. The lowest BCUT2D eigenvalue weighted by molar-refractivity contribution is -0.123. The molecule has 1 saturated heterocycles. The van der Waals surface area contributed by atoms with E-state index in [4.69, 9.17) is 4.74 Å². The molecular weight excluding hydrogens is 332 g/mol. The highest BCUT2D eigenvalue weighted by Crippen LogP contribution is 2.33. The van der Waals surface area contributed by atoms with Crippen LogP contribution in [0.1, 0.15) is 12.5 Å². The van der Waals surface area contributed by atoms with Crippen molar-refractivity contribution in [3.8, 4) is 5.75 Å². The van der Waals surface area contributed by atoms with Gasteiger partial charge in [-0.3, -0.25) is 14.6 Å². The zero-order valence-corrected chi connectivity index (χ0v) is 14.3. The first-order chi connectivity index (χ1) is 12.7. The molecule has 0 bridgehead atoms. The van der Waals surface area contributed by atoms with Gasteiger partial charge in [0.25, 0.3) is 11.8 Å². The van der Waals surface area contributed by atoms with Crippen LogP contribution in [-0.4, -0.2) is 35.5 Å². The minimum atomic E-state index is -0.780. The normalized spacial score (nSPS) is 21.4. The molecule has 7 heteroatoms. The van der Waals surface area contributed by atoms with Gasteiger partial charge in [-0.25, -0.2) is 4.90 Å². The predicted octanol–water partition coefficient (Wildman–Crippen LogP) is 2.58. The smallest absolute Gasteiger partial charge is 0.263 e. The van der Waals surface area contributed by atoms with Crippen molar-refractivity contribution in [1.82, 2.24) is 5.01 Å². The molecule has 2 aliphatic heterocycles. The van der Waals surface area contributed by atoms with Crippen molar-refractivity contribution >= 4 is 17.5 Å². The molecule has 0 aliphatic carbocycles. The van der Waals surface area contributed by atoms with Crippen molar-refractivity contribution in [2.24, 2.45) is 10.3 Å². The van der Waals surface area contributed by atoms with Crippen molar-refractivity contribution < 1.29 is 14.3 Å². The molecule has 1 fully saturated rings. The molecule has 132 valence electrons. The summed E-state index contributed by atoms with van der Waals surface area (Å²) in [6.45, 7) is 2.89. The highest BCUT2D eigenvalue weighted by molar-refractivity contribution is 6.25. The lowest BCUT2D eigenvalue weighted by Crippen LogP contribution is -2.39. The van der Waals surface area contributed by atoms with E-state index in [-0.39, 0.29) is 11.8 Å². The number of rotatable bonds is 5. The SMILES string of the molecule is CCOc1ccc(N2C(=O)[C@H]3N=NN(Cc4ccccc4)[C@H]3C2=O)cc1. The van der Waals surface area contributed by atoms with Crippen LogP contribution in [0.2, 0.25) is 0 Å². The second-order valence-electron chi connectivity index (χ2n) is 6.12. The average Bonchev–Trinajstić information content (AvgIpc) is 3.18. The van der Waals surface area contributed by atoms with Crippen molar-refractivity contribution in [2.45, 2.75) is 25.6 Å². The maximum absolute atomic E-state index is 12.9. The van der Waals surface area contributed by atoms with E-state index in [1.54, 1.807) is 29.3 Å². The Morgan fingerprint density at radius 3 is 2.42 bits per heavy atom. The molecule has 0 aromatic heterocycles. The minimum absolute atomic E-state index is 0.301. The summed E-state index contributed by atoms with van der Waals surface area (Å²) >= 11 is 0. The number of hydrogen-bond donors (Lipinski definition) is 0. The molecule has 2 amide bonds. The number of hydrogen-bond acceptors (Lipinski definition) is 6. The van der Waals surface area contributed by atoms with Crippen LogP contribution in [-0.2, 0) is 16.1 Å². The Labute approximate surface area is 150 Å². The highest BCUT2D eigenvalue weighted by Gasteiger charge is 2.54. The van der Waals surface area contributed by atoms with Gasteiger partial charge in [0.15, 0.2) is 12.1 Å². The van der Waals surface area contributed by atoms with E-state index in [1.165, 1.54) is 4.90 Å². The Morgan fingerprint density at radius 1 is 1.00 bits per heavy atom. The lowest BCUT2D eigenvalue weighted by atomic mass is 10.1. The van der Waals surface area contributed by atoms with Gasteiger partial charge in [0, 0.05) is 0 Å². The van der Waals surface area contributed by atoms with E-state index < -0.39 is 12.1 Å². The summed E-state index contributed by atoms with van der Waals surface area (Å²) in [5.74, 6) is 0.0505. The fourth-order valence-corrected chi connectivity index (χ4v) is 3.24. The summed E-state index contributed by atoms with van der Waals surface area (Å²) in [5, 5.41) is 9.69. The summed E-state index contributed by atoms with van der Waals surface area (Å²) in [6.07, 6.45) is 0. The third kappa shape index (κ3) is 2.71. The van der Waals surface area contributed by atoms with E-state index >= 15 is 0 Å². The second kappa shape index (κ2) is 6.59. The van der Waals surface area contributed by atoms with Crippen LogP contribution < -0.4 is 9.64 Å². The number of anilines is 1. The van der Waals surface area contributed by atoms with Gasteiger partial charge in [-0.15, -0.1) is 0 Å². The largest absolute Gasteiger partial charge is 0.494 e. The van der Waals surface area contributed by atoms with Gasteiger partial charge in [-0.2, -0.15) is 5.11 Å². The van der Waals surface area contributed by atoms with Crippen LogP contribution in [0.3, 0.4) is 0 Å². The molecule has 2 heterocycles. The molecule has 2 atom stereocenters. The van der Waals surface area contributed by atoms with E-state index in [0.717, 1.165) is 5.56 Å². The fourth-order valence-electron chi connectivity index (χ4n) is 3.24. The molecular formula is C19H18N4O3. The quantitative estimate of drug-likeness (QED) is 0.777. The number of carbonyl (C=O) groups is 2. The Balaban J connectivity index is 1.56. The Kier molecular flexibility index (Phi) is 4.12. The maximum atomic E-state index is 12.9. The van der Waals surface area contributed by atoms with E-state index in [2.05, 4.69) is 10.3 Å². The molecule has 2 aromatic carbocycles. The first kappa shape index (κ1) is 16.3. The molecule has 0 N–H and O–H groups in total. The number of imide groups is 1. The van der Waals surface area contributed by atoms with Crippen LogP contribution >= 0.6 is 0 Å². The second-order valence-corrected chi connectivity index (χ2v) is 6.12. The van der Waals surface area contributed by atoms with Gasteiger partial charge in [-0.05, 0) is 36.8 Å². The van der Waals surface area contributed by atoms with E-state index in [9.17, 15) is 9.59 Å². The van der Waals surface area contributed by atoms with Crippen LogP contribution in [0.5, 0.6) is 5.75 Å². The van der Waals surface area contributed by atoms with Gasteiger partial charge in [0.1, 0.15) is 5.75 Å². The zero-order valence-electron chi connectivity index (χ0n) is 14.3. The summed E-state index contributed by atoms with van der Waals surface area (Å²) in [5.41, 5.74) is 1.53. The third-order valence-electron chi connectivity index (χ3n) is 4.45. The highest BCUT2D eigenvalue weighted by atomic mass is 16.5. The molecule has 2 aromatic rings. The molecule has 0 radical (unpaired) electrons. The van der Waals surface area contributed by atoms with Crippen molar-refractivity contribution in [3.05, 3.63) is 60.2 Å². The average molecular weight is 350 g/mol. The van der Waals surface area contributed by atoms with E-state index in [0.29, 0.717) is 24.6 Å². The Morgan fingerprint density at radius 2 is 1.73 bits per heavy atom. The number of benzene rings is 2. The molecule has 4 rings (SSSR count). The standard InChI is InChI=1S/C19H18N4O3/c1-2-26-15-10-8-14(9-11-15)23-18(24)16-17(19(23)25)22(21-20-16)12-13-6-4-3-5-7-13/h3-11,16-17H,2,12H2,1H3/t16-,17+/m0/s1. The zero-order chi connectivity index (χ0) is 18.1. The lowest BCUT2D eigenvalue weighted by Gasteiger charge is -2.20. The molecule has 26 heavy (non-hydrogen) atoms. The number of nitrogens with zero attached hydrogens (tertiary/aromatic N) is 4. The summed E-state index contributed by atoms with van der Waals surface area (Å²) in [4.78, 5) is 26.8. The molecule has 7 nitrogen and oxygen atoms in total. The number of carbonyl (C=O) groups excluding carboxylic acids is 2. The van der Waals surface area contributed by atoms with Gasteiger partial charge < -0.3 is 4.74 Å². The molecule has 2 aliphatic rings. The monoisotopic (exact) mass is 350 g/mol. The van der Waals surface area contributed by atoms with Crippen LogP contribution in [0.15, 0.2) is 64.9 Å². The van der Waals surface area contributed by atoms with Crippen molar-refractivity contribution in [1.29, 1.82) is 0 Å². The minimum Gasteiger partial charge on any atom is -0.494 e. The van der Waals surface area contributed by atoms with Gasteiger partial charge in [-0.1, -0.05) is 35.6 Å². The number of ether oxygens (including phenoxy) is 1. The molecule has 0 saturated carbocycles. The van der Waals surface area contributed by atoms with Crippen LogP contribution in [0.4, 0.5) is 5.69 Å². The van der Waals surface area contributed by atoms with Crippen molar-refractivity contribution in [3.63, 3.8) is 0 Å². The first-order valence-electron chi connectivity index (χ1n) is 8.51. The van der Waals surface area contributed by atoms with Crippen LogP contribution in [0, 0.1) is 0 Å². The van der Waals surface area contributed by atoms with Gasteiger partial charge >= 0.3 is 0 Å². The fraction of sp³-hybridized carbons (Fsp3) is 0.263. The predicted molar refractivity (Wildman–Crippen MR) is 94.5 cm³/mol. The summed E-state index contributed by atoms with van der Waals surface area (Å²) in [6, 6.07) is 15.1. The maximum Gasteiger partial charge on any atom is 0.263 e. The molecule has 0 spiro atoms. The summed E-state index contributed by atoms with van der Waals surface area (Å²) in [7, 11) is 0. The van der Waals surface area contributed by atoms with Gasteiger partial charge in [0.05, 0.1) is 18.8 Å².